The van der Waals surface area contributed by atoms with Gasteiger partial charge in [-0.2, -0.15) is 0 Å². The van der Waals surface area contributed by atoms with Crippen LogP contribution in [-0.4, -0.2) is 16.2 Å². The lowest BCUT2D eigenvalue weighted by atomic mass is 10.1. The smallest absolute Gasteiger partial charge is 0.0854 e. The lowest BCUT2D eigenvalue weighted by Crippen LogP contribution is -2.10. The van der Waals surface area contributed by atoms with E-state index in [1.807, 2.05) is 41.5 Å². The molecule has 1 aromatic heterocycles. The van der Waals surface area contributed by atoms with Gasteiger partial charge in [0.05, 0.1) is 34.6 Å². The van der Waals surface area contributed by atoms with Crippen molar-refractivity contribution in [2.24, 2.45) is 0 Å². The summed E-state index contributed by atoms with van der Waals surface area (Å²) in [5.41, 5.74) is 4.62. The summed E-state index contributed by atoms with van der Waals surface area (Å²) in [5, 5.41) is 10.9. The van der Waals surface area contributed by atoms with Gasteiger partial charge in [0.1, 0.15) is 0 Å². The van der Waals surface area contributed by atoms with Crippen molar-refractivity contribution in [2.75, 3.05) is 5.48 Å². The third-order valence-electron chi connectivity index (χ3n) is 2.45. The van der Waals surface area contributed by atoms with Crippen LogP contribution in [0, 0.1) is 0 Å². The molecule has 130 valence electrons. The van der Waals surface area contributed by atoms with Crippen molar-refractivity contribution in [2.45, 2.75) is 54.3 Å². The zero-order valence-corrected chi connectivity index (χ0v) is 16.1. The molecule has 0 bridgehead atoms. The second-order valence-corrected chi connectivity index (χ2v) is 5.21. The Morgan fingerprint density at radius 2 is 1.74 bits per heavy atom. The molecule has 0 amide bonds. The van der Waals surface area contributed by atoms with Crippen molar-refractivity contribution in [3.63, 3.8) is 0 Å². The van der Waals surface area contributed by atoms with Gasteiger partial charge >= 0.3 is 0 Å². The molecule has 23 heavy (non-hydrogen) atoms. The maximum atomic E-state index is 9.24. The maximum absolute atomic E-state index is 9.24. The first kappa shape index (κ1) is 21.9. The number of pyridine rings is 1. The van der Waals surface area contributed by atoms with Gasteiger partial charge in [-0.3, -0.25) is 15.3 Å². The van der Waals surface area contributed by atoms with Gasteiger partial charge in [-0.1, -0.05) is 50.9 Å². The second kappa shape index (κ2) is 11.5. The molecule has 0 aliphatic rings. The molecule has 0 saturated carbocycles. The van der Waals surface area contributed by atoms with Crippen LogP contribution < -0.4 is 5.48 Å². The van der Waals surface area contributed by atoms with Crippen LogP contribution in [-0.2, 0) is 11.4 Å². The van der Waals surface area contributed by atoms with E-state index in [9.17, 15) is 5.11 Å². The topological polar surface area (TPSA) is 54.4 Å². The quantitative estimate of drug-likeness (QED) is 0.672. The van der Waals surface area contributed by atoms with E-state index in [-0.39, 0.29) is 12.7 Å². The average molecular weight is 361 g/mol. The highest BCUT2D eigenvalue weighted by Gasteiger charge is 2.11. The zero-order valence-electron chi connectivity index (χ0n) is 14.6. The number of halogens is 2. The van der Waals surface area contributed by atoms with Crippen LogP contribution in [0.5, 0.6) is 0 Å². The molecule has 2 rings (SSSR count). The summed E-state index contributed by atoms with van der Waals surface area (Å²) < 4.78 is 0. The predicted octanol–water partition coefficient (Wildman–Crippen LogP) is 5.84. The Kier molecular flexibility index (Phi) is 10.9. The first-order chi connectivity index (χ1) is 11.0. The molecule has 1 aromatic carbocycles. The van der Waals surface area contributed by atoms with Gasteiger partial charge in [-0.15, -0.1) is 0 Å². The number of rotatable bonds is 4. The van der Waals surface area contributed by atoms with Crippen LogP contribution in [0.3, 0.4) is 0 Å². The molecule has 1 heterocycles. The highest BCUT2D eigenvalue weighted by molar-refractivity contribution is 6.39. The number of hydrogen-bond donors (Lipinski definition) is 2. The van der Waals surface area contributed by atoms with E-state index in [2.05, 4.69) is 10.5 Å². The molecule has 0 atom stereocenters. The Balaban J connectivity index is 0.00000112. The molecule has 0 aliphatic carbocycles. The molecule has 0 fully saturated rings. The Hall–Kier alpha value is -1.07. The number of nitrogens with zero attached hydrogens (tertiary/aromatic N) is 1. The van der Waals surface area contributed by atoms with Gasteiger partial charge < -0.3 is 5.11 Å². The van der Waals surface area contributed by atoms with Crippen LogP contribution in [0.4, 0.5) is 5.69 Å². The van der Waals surface area contributed by atoms with E-state index >= 15 is 0 Å². The molecule has 6 heteroatoms. The fraction of sp³-hybridized carbons (Fsp3) is 0.471. The van der Waals surface area contributed by atoms with E-state index in [1.54, 1.807) is 18.2 Å². The van der Waals surface area contributed by atoms with Crippen molar-refractivity contribution >= 4 is 39.8 Å². The molecule has 0 saturated heterocycles. The van der Waals surface area contributed by atoms with Crippen LogP contribution >= 0.6 is 23.2 Å². The van der Waals surface area contributed by atoms with Crippen molar-refractivity contribution in [1.82, 2.24) is 4.98 Å². The lowest BCUT2D eigenvalue weighted by molar-refractivity contribution is 0.131. The first-order valence-corrected chi connectivity index (χ1v) is 8.58. The van der Waals surface area contributed by atoms with E-state index in [0.29, 0.717) is 32.3 Å². The second-order valence-electron chi connectivity index (χ2n) is 4.37. The Morgan fingerprint density at radius 1 is 1.13 bits per heavy atom. The molecular formula is C17H26Cl2N2O2. The number of hydrogen-bond acceptors (Lipinski definition) is 4. The number of fused-ring (bicyclic) bond motifs is 1. The van der Waals surface area contributed by atoms with Crippen LogP contribution in [0.25, 0.3) is 10.9 Å². The van der Waals surface area contributed by atoms with Gasteiger partial charge in [-0.05, 0) is 32.0 Å². The Morgan fingerprint density at radius 3 is 2.26 bits per heavy atom. The zero-order chi connectivity index (χ0) is 18.0. The molecule has 2 aromatic rings. The summed E-state index contributed by atoms with van der Waals surface area (Å²) in [6, 6.07) is 5.04. The molecule has 0 aliphatic heterocycles. The molecule has 0 spiro atoms. The van der Waals surface area contributed by atoms with E-state index in [1.165, 1.54) is 0 Å². The number of aliphatic hydroxyl groups is 1. The van der Waals surface area contributed by atoms with Gasteiger partial charge in [-0.25, -0.2) is 0 Å². The third kappa shape index (κ3) is 6.51. The normalized spacial score (nSPS) is 9.83. The fourth-order valence-electron chi connectivity index (χ4n) is 1.68. The average Bonchev–Trinajstić information content (AvgIpc) is 2.55. The molecule has 4 nitrogen and oxygen atoms in total. The number of aromatic nitrogens is 1. The van der Waals surface area contributed by atoms with Crippen molar-refractivity contribution in [3.05, 3.63) is 33.9 Å². The van der Waals surface area contributed by atoms with Crippen LogP contribution in [0.2, 0.25) is 10.0 Å². The lowest BCUT2D eigenvalue weighted by Gasteiger charge is -2.14. The third-order valence-corrected chi connectivity index (χ3v) is 2.96. The minimum atomic E-state index is -0.170. The van der Waals surface area contributed by atoms with Gasteiger partial charge in [0, 0.05) is 10.4 Å². The van der Waals surface area contributed by atoms with Crippen LogP contribution in [0.15, 0.2) is 18.2 Å². The van der Waals surface area contributed by atoms with E-state index < -0.39 is 0 Å². The van der Waals surface area contributed by atoms with Gasteiger partial charge in [0.2, 0.25) is 0 Å². The van der Waals surface area contributed by atoms with Gasteiger partial charge in [0.25, 0.3) is 0 Å². The molecule has 0 radical (unpaired) electrons. The molecule has 2 N–H and O–H groups in total. The van der Waals surface area contributed by atoms with Crippen molar-refractivity contribution in [1.29, 1.82) is 0 Å². The fourth-order valence-corrected chi connectivity index (χ4v) is 2.27. The number of aliphatic hydroxyl groups excluding tert-OH is 1. The highest BCUT2D eigenvalue weighted by Crippen LogP contribution is 2.33. The standard InChI is InChI=1S/C13H14Cl2N2O2.2C2H6/c1-7(2)19-17-12-5-9(6-18)16-11-4-8(14)3-10(15)13(11)12;2*1-2/h3-5,7,18H,6H2,1-2H3,(H,16,17);2*1-2H3. The maximum Gasteiger partial charge on any atom is 0.0854 e. The summed E-state index contributed by atoms with van der Waals surface area (Å²) in [7, 11) is 0. The first-order valence-electron chi connectivity index (χ1n) is 7.82. The Labute approximate surface area is 148 Å². The van der Waals surface area contributed by atoms with Gasteiger partial charge in [0.15, 0.2) is 0 Å². The van der Waals surface area contributed by atoms with E-state index in [4.69, 9.17) is 28.0 Å². The molecule has 0 unspecified atom stereocenters. The van der Waals surface area contributed by atoms with Crippen molar-refractivity contribution in [3.8, 4) is 0 Å². The summed E-state index contributed by atoms with van der Waals surface area (Å²) in [5.74, 6) is 0. The number of anilines is 1. The highest BCUT2D eigenvalue weighted by atomic mass is 35.5. The SMILES string of the molecule is CC.CC.CC(C)ONc1cc(CO)nc2cc(Cl)cc(Cl)c12. The van der Waals surface area contributed by atoms with E-state index in [0.717, 1.165) is 0 Å². The monoisotopic (exact) mass is 360 g/mol. The molecular weight excluding hydrogens is 335 g/mol. The summed E-state index contributed by atoms with van der Waals surface area (Å²) in [4.78, 5) is 9.66. The number of benzene rings is 1. The summed E-state index contributed by atoms with van der Waals surface area (Å²) in [6.07, 6.45) is 0.00636. The van der Waals surface area contributed by atoms with Crippen molar-refractivity contribution < 1.29 is 9.94 Å². The largest absolute Gasteiger partial charge is 0.390 e. The Bertz CT molecular complexity index is 605. The summed E-state index contributed by atoms with van der Waals surface area (Å²) in [6.45, 7) is 11.6. The predicted molar refractivity (Wildman–Crippen MR) is 100 cm³/mol. The minimum Gasteiger partial charge on any atom is -0.390 e. The summed E-state index contributed by atoms with van der Waals surface area (Å²) >= 11 is 12.2. The minimum absolute atomic E-state index is 0.00636. The van der Waals surface area contributed by atoms with Crippen LogP contribution in [0.1, 0.15) is 47.2 Å². The number of nitrogens with one attached hydrogen (secondary N) is 1.